The van der Waals surface area contributed by atoms with Gasteiger partial charge in [-0.15, -0.1) is 0 Å². The van der Waals surface area contributed by atoms with E-state index in [1.54, 1.807) is 44.2 Å². The van der Waals surface area contributed by atoms with Gasteiger partial charge in [-0.2, -0.15) is 0 Å². The van der Waals surface area contributed by atoms with Gasteiger partial charge in [-0.1, -0.05) is 43.6 Å². The maximum absolute atomic E-state index is 12.9. The molecule has 28 heavy (non-hydrogen) atoms. The molecule has 7 heteroatoms. The van der Waals surface area contributed by atoms with Crippen LogP contribution in [-0.4, -0.2) is 27.9 Å². The molecular weight excluding hydrogens is 382 g/mol. The first-order valence-corrected chi connectivity index (χ1v) is 9.00. The van der Waals surface area contributed by atoms with E-state index in [4.69, 9.17) is 11.6 Å². The highest BCUT2D eigenvalue weighted by Crippen LogP contribution is 2.42. The second-order valence-electron chi connectivity index (χ2n) is 6.77. The number of carboxylic acid groups (broad SMARTS) is 1. The summed E-state index contributed by atoms with van der Waals surface area (Å²) in [5.41, 5.74) is 0.754. The number of aliphatic hydroxyl groups is 1. The molecule has 0 radical (unpaired) electrons. The number of benzene rings is 2. The lowest BCUT2D eigenvalue weighted by molar-refractivity contribution is -0.119. The van der Waals surface area contributed by atoms with E-state index < -0.39 is 29.6 Å². The SMILES string of the molecule is CC(C)C(=O)C1=C(O)C(=O)N(c2cccc(C(=O)O)c2)[C@H]1c1cccc(Cl)c1. The Hall–Kier alpha value is -3.12. The number of halogens is 1. The van der Waals surface area contributed by atoms with E-state index in [-0.39, 0.29) is 22.6 Å². The van der Waals surface area contributed by atoms with E-state index in [1.165, 1.54) is 23.1 Å². The fourth-order valence-electron chi connectivity index (χ4n) is 3.22. The summed E-state index contributed by atoms with van der Waals surface area (Å²) < 4.78 is 0. The van der Waals surface area contributed by atoms with Crippen molar-refractivity contribution in [2.45, 2.75) is 19.9 Å². The number of hydrogen-bond donors (Lipinski definition) is 2. The fraction of sp³-hybridized carbons (Fsp3) is 0.190. The van der Waals surface area contributed by atoms with Gasteiger partial charge < -0.3 is 10.2 Å². The molecule has 0 aromatic heterocycles. The number of rotatable bonds is 5. The number of amides is 1. The Morgan fingerprint density at radius 1 is 1.11 bits per heavy atom. The average molecular weight is 400 g/mol. The summed E-state index contributed by atoms with van der Waals surface area (Å²) in [5.74, 6) is -3.37. The Labute approximate surface area is 166 Å². The van der Waals surface area contributed by atoms with Crippen molar-refractivity contribution >= 4 is 34.9 Å². The fourth-order valence-corrected chi connectivity index (χ4v) is 3.41. The smallest absolute Gasteiger partial charge is 0.335 e. The Balaban J connectivity index is 2.21. The Morgan fingerprint density at radius 3 is 2.39 bits per heavy atom. The maximum Gasteiger partial charge on any atom is 0.335 e. The van der Waals surface area contributed by atoms with E-state index in [0.29, 0.717) is 10.6 Å². The second-order valence-corrected chi connectivity index (χ2v) is 7.21. The average Bonchev–Trinajstić information content (AvgIpc) is 2.92. The van der Waals surface area contributed by atoms with Crippen LogP contribution < -0.4 is 4.90 Å². The van der Waals surface area contributed by atoms with Crippen molar-refractivity contribution in [2.24, 2.45) is 5.92 Å². The molecule has 0 saturated heterocycles. The summed E-state index contributed by atoms with van der Waals surface area (Å²) in [5, 5.41) is 20.2. The Bertz CT molecular complexity index is 1010. The predicted octanol–water partition coefficient (Wildman–Crippen LogP) is 4.16. The molecule has 1 amide bonds. The summed E-state index contributed by atoms with van der Waals surface area (Å²) in [6, 6.07) is 11.5. The molecule has 2 aromatic carbocycles. The highest BCUT2D eigenvalue weighted by Gasteiger charge is 2.44. The maximum atomic E-state index is 12.9. The van der Waals surface area contributed by atoms with Gasteiger partial charge in [0.2, 0.25) is 0 Å². The number of anilines is 1. The zero-order valence-corrected chi connectivity index (χ0v) is 16.0. The van der Waals surface area contributed by atoms with Crippen LogP contribution in [0.5, 0.6) is 0 Å². The molecule has 1 aliphatic heterocycles. The third-order valence-corrected chi connectivity index (χ3v) is 4.77. The van der Waals surface area contributed by atoms with E-state index >= 15 is 0 Å². The number of ketones is 1. The van der Waals surface area contributed by atoms with Crippen LogP contribution in [0.15, 0.2) is 59.9 Å². The topological polar surface area (TPSA) is 94.9 Å². The predicted molar refractivity (Wildman–Crippen MR) is 105 cm³/mol. The molecule has 6 nitrogen and oxygen atoms in total. The lowest BCUT2D eigenvalue weighted by atomic mass is 9.91. The van der Waals surface area contributed by atoms with Crippen LogP contribution in [-0.2, 0) is 9.59 Å². The van der Waals surface area contributed by atoms with E-state index in [2.05, 4.69) is 0 Å². The molecular formula is C21H18ClNO5. The first kappa shape index (κ1) is 19.6. The zero-order chi connectivity index (χ0) is 20.6. The molecule has 2 N–H and O–H groups in total. The summed E-state index contributed by atoms with van der Waals surface area (Å²) >= 11 is 6.10. The molecule has 3 rings (SSSR count). The van der Waals surface area contributed by atoms with Crippen LogP contribution in [0.2, 0.25) is 5.02 Å². The number of carbonyl (C=O) groups excluding carboxylic acids is 2. The van der Waals surface area contributed by atoms with E-state index in [1.807, 2.05) is 0 Å². The van der Waals surface area contributed by atoms with Gasteiger partial charge in [0, 0.05) is 16.6 Å². The van der Waals surface area contributed by atoms with Gasteiger partial charge >= 0.3 is 5.97 Å². The molecule has 0 fully saturated rings. The third-order valence-electron chi connectivity index (χ3n) is 4.53. The standard InChI is InChI=1S/C21H18ClNO5/c1-11(2)18(24)16-17(12-5-3-7-14(22)9-12)23(20(26)19(16)25)15-8-4-6-13(10-15)21(27)28/h3-11,17,25H,1-2H3,(H,27,28)/t17-/m0/s1. The van der Waals surface area contributed by atoms with Crippen molar-refractivity contribution in [1.29, 1.82) is 0 Å². The lowest BCUT2D eigenvalue weighted by Gasteiger charge is -2.27. The molecule has 1 heterocycles. The monoisotopic (exact) mass is 399 g/mol. The molecule has 0 bridgehead atoms. The summed E-state index contributed by atoms with van der Waals surface area (Å²) in [7, 11) is 0. The van der Waals surface area contributed by atoms with Crippen LogP contribution in [0.25, 0.3) is 0 Å². The summed E-state index contributed by atoms with van der Waals surface area (Å²) in [4.78, 5) is 38.2. The van der Waals surface area contributed by atoms with Crippen molar-refractivity contribution in [3.8, 4) is 0 Å². The van der Waals surface area contributed by atoms with Gasteiger partial charge in [-0.3, -0.25) is 14.5 Å². The molecule has 0 aliphatic carbocycles. The molecule has 2 aromatic rings. The zero-order valence-electron chi connectivity index (χ0n) is 15.2. The lowest BCUT2D eigenvalue weighted by Crippen LogP contribution is -2.31. The van der Waals surface area contributed by atoms with Gasteiger partial charge in [0.15, 0.2) is 11.5 Å². The largest absolute Gasteiger partial charge is 0.503 e. The van der Waals surface area contributed by atoms with Gasteiger partial charge in [-0.25, -0.2) is 4.79 Å². The number of hydrogen-bond acceptors (Lipinski definition) is 4. The first-order valence-electron chi connectivity index (χ1n) is 8.62. The summed E-state index contributed by atoms with van der Waals surface area (Å²) in [6.45, 7) is 3.35. The van der Waals surface area contributed by atoms with E-state index in [9.17, 15) is 24.6 Å². The van der Waals surface area contributed by atoms with Crippen LogP contribution in [0.4, 0.5) is 5.69 Å². The molecule has 1 atom stereocenters. The van der Waals surface area contributed by atoms with Crippen LogP contribution in [0.3, 0.4) is 0 Å². The van der Waals surface area contributed by atoms with Crippen LogP contribution >= 0.6 is 11.6 Å². The number of aromatic carboxylic acids is 1. The highest BCUT2D eigenvalue weighted by molar-refractivity contribution is 6.30. The number of Topliss-reactive ketones (excluding diaryl/α,β-unsaturated/α-hetero) is 1. The molecule has 1 aliphatic rings. The van der Waals surface area contributed by atoms with Crippen molar-refractivity contribution in [1.82, 2.24) is 0 Å². The van der Waals surface area contributed by atoms with Crippen LogP contribution in [0.1, 0.15) is 35.8 Å². The van der Waals surface area contributed by atoms with E-state index in [0.717, 1.165) is 0 Å². The second kappa shape index (κ2) is 7.48. The number of aliphatic hydroxyl groups excluding tert-OH is 1. The normalized spacial score (nSPS) is 16.8. The first-order chi connectivity index (χ1) is 13.2. The van der Waals surface area contributed by atoms with Gasteiger partial charge in [0.05, 0.1) is 17.2 Å². The Kier molecular flexibility index (Phi) is 5.25. The minimum absolute atomic E-state index is 0.0155. The quantitative estimate of drug-likeness (QED) is 0.787. The minimum Gasteiger partial charge on any atom is -0.503 e. The molecule has 0 unspecified atom stereocenters. The van der Waals surface area contributed by atoms with Gasteiger partial charge in [0.25, 0.3) is 5.91 Å². The van der Waals surface area contributed by atoms with Crippen LogP contribution in [0, 0.1) is 5.92 Å². The number of nitrogens with zero attached hydrogens (tertiary/aromatic N) is 1. The molecule has 0 spiro atoms. The third kappa shape index (κ3) is 3.39. The van der Waals surface area contributed by atoms with Gasteiger partial charge in [-0.05, 0) is 35.9 Å². The molecule has 144 valence electrons. The minimum atomic E-state index is -1.15. The Morgan fingerprint density at radius 2 is 1.79 bits per heavy atom. The highest BCUT2D eigenvalue weighted by atomic mass is 35.5. The summed E-state index contributed by atoms with van der Waals surface area (Å²) in [6.07, 6.45) is 0. The van der Waals surface area contributed by atoms with Gasteiger partial charge in [0.1, 0.15) is 0 Å². The molecule has 0 saturated carbocycles. The number of carbonyl (C=O) groups is 3. The number of carboxylic acids is 1. The van der Waals surface area contributed by atoms with Crippen molar-refractivity contribution in [3.05, 3.63) is 76.0 Å². The van der Waals surface area contributed by atoms with Crippen molar-refractivity contribution < 1.29 is 24.6 Å². The van der Waals surface area contributed by atoms with Crippen molar-refractivity contribution in [2.75, 3.05) is 4.90 Å². The van der Waals surface area contributed by atoms with Crippen molar-refractivity contribution in [3.63, 3.8) is 0 Å².